The van der Waals surface area contributed by atoms with Gasteiger partial charge in [-0.2, -0.15) is 0 Å². The van der Waals surface area contributed by atoms with Crippen LogP contribution in [0.25, 0.3) is 0 Å². The van der Waals surface area contributed by atoms with Crippen LogP contribution in [0.2, 0.25) is 0 Å². The van der Waals surface area contributed by atoms with Gasteiger partial charge in [0.1, 0.15) is 0 Å². The van der Waals surface area contributed by atoms with Gasteiger partial charge >= 0.3 is 0 Å². The van der Waals surface area contributed by atoms with E-state index in [9.17, 15) is 9.59 Å². The molecule has 0 radical (unpaired) electrons. The van der Waals surface area contributed by atoms with Crippen LogP contribution < -0.4 is 10.6 Å². The molecule has 2 amide bonds. The number of likely N-dealkylation sites (tertiary alicyclic amines) is 1. The van der Waals surface area contributed by atoms with Crippen LogP contribution in [0.15, 0.2) is 47.2 Å². The van der Waals surface area contributed by atoms with E-state index in [1.54, 1.807) is 30.3 Å². The second-order valence-corrected chi connectivity index (χ2v) is 9.40. The van der Waals surface area contributed by atoms with Crippen molar-refractivity contribution in [1.29, 1.82) is 0 Å². The Morgan fingerprint density at radius 3 is 2.70 bits per heavy atom. The van der Waals surface area contributed by atoms with Crippen LogP contribution in [0, 0.1) is 5.92 Å². The molecule has 0 bridgehead atoms. The first-order valence-corrected chi connectivity index (χ1v) is 11.8. The topological polar surface area (TPSA) is 74.3 Å². The van der Waals surface area contributed by atoms with Gasteiger partial charge in [-0.15, -0.1) is 22.7 Å². The Balaban J connectivity index is 1.31. The van der Waals surface area contributed by atoms with E-state index in [1.807, 2.05) is 16.8 Å². The monoisotopic (exact) mass is 440 g/mol. The summed E-state index contributed by atoms with van der Waals surface area (Å²) >= 11 is 2.83. The van der Waals surface area contributed by atoms with Crippen molar-refractivity contribution in [2.45, 2.75) is 26.3 Å². The van der Waals surface area contributed by atoms with Crippen LogP contribution in [0.1, 0.15) is 45.5 Å². The fourth-order valence-corrected chi connectivity index (χ4v) is 4.89. The lowest BCUT2D eigenvalue weighted by atomic mass is 10.0. The van der Waals surface area contributed by atoms with Gasteiger partial charge in [0.25, 0.3) is 11.8 Å². The van der Waals surface area contributed by atoms with E-state index in [2.05, 4.69) is 27.4 Å². The number of carbonyl (C=O) groups excluding carboxylic acids is 2. The molecular formula is C22H24N4O2S2. The molecule has 2 aromatic heterocycles. The molecule has 1 aliphatic rings. The lowest BCUT2D eigenvalue weighted by Crippen LogP contribution is -2.33. The third-order valence-electron chi connectivity index (χ3n) is 5.05. The molecule has 0 saturated carbocycles. The minimum atomic E-state index is -0.210. The van der Waals surface area contributed by atoms with Gasteiger partial charge in [-0.3, -0.25) is 19.8 Å². The maximum absolute atomic E-state index is 12.5. The summed E-state index contributed by atoms with van der Waals surface area (Å²) in [6.07, 6.45) is 2.53. The third kappa shape index (κ3) is 5.33. The number of carbonyl (C=O) groups is 2. The average Bonchev–Trinajstić information content (AvgIpc) is 3.41. The van der Waals surface area contributed by atoms with Crippen LogP contribution in [0.3, 0.4) is 0 Å². The molecular weight excluding hydrogens is 416 g/mol. The van der Waals surface area contributed by atoms with E-state index in [0.717, 1.165) is 31.2 Å². The van der Waals surface area contributed by atoms with E-state index in [4.69, 9.17) is 0 Å². The number of piperidine rings is 1. The minimum absolute atomic E-state index is 0.152. The van der Waals surface area contributed by atoms with Gasteiger partial charge in [-0.1, -0.05) is 13.0 Å². The average molecular weight is 441 g/mol. The largest absolute Gasteiger partial charge is 0.321 e. The summed E-state index contributed by atoms with van der Waals surface area (Å²) < 4.78 is 0. The summed E-state index contributed by atoms with van der Waals surface area (Å²) in [6.45, 7) is 5.33. The smallest absolute Gasteiger partial charge is 0.265 e. The Labute approximate surface area is 184 Å². The highest BCUT2D eigenvalue weighted by molar-refractivity contribution is 7.14. The maximum Gasteiger partial charge on any atom is 0.265 e. The highest BCUT2D eigenvalue weighted by Crippen LogP contribution is 2.22. The lowest BCUT2D eigenvalue weighted by Gasteiger charge is -2.30. The number of hydrogen-bond donors (Lipinski definition) is 2. The third-order valence-corrected chi connectivity index (χ3v) is 6.72. The number of amides is 2. The van der Waals surface area contributed by atoms with Crippen molar-refractivity contribution in [3.63, 3.8) is 0 Å². The fourth-order valence-electron chi connectivity index (χ4n) is 3.57. The van der Waals surface area contributed by atoms with E-state index in [-0.39, 0.29) is 11.8 Å². The van der Waals surface area contributed by atoms with E-state index < -0.39 is 0 Å². The van der Waals surface area contributed by atoms with Crippen molar-refractivity contribution < 1.29 is 9.59 Å². The number of thiophene rings is 1. The molecule has 156 valence electrons. The minimum Gasteiger partial charge on any atom is -0.321 e. The number of thiazole rings is 1. The van der Waals surface area contributed by atoms with Crippen LogP contribution >= 0.6 is 22.7 Å². The normalized spacial score (nSPS) is 16.9. The van der Waals surface area contributed by atoms with Gasteiger partial charge in [-0.05, 0) is 61.0 Å². The zero-order valence-corrected chi connectivity index (χ0v) is 18.4. The number of rotatable bonds is 6. The SMILES string of the molecule is CC1CCCN(Cc2csc(NC(=O)c3ccc(NC(=O)c4cccs4)cc3)n2)C1. The van der Waals surface area contributed by atoms with Gasteiger partial charge in [-0.25, -0.2) is 4.98 Å². The molecule has 30 heavy (non-hydrogen) atoms. The molecule has 1 unspecified atom stereocenters. The first-order valence-electron chi connectivity index (χ1n) is 10.00. The Morgan fingerprint density at radius 2 is 1.97 bits per heavy atom. The number of aromatic nitrogens is 1. The van der Waals surface area contributed by atoms with Crippen LogP contribution in [-0.2, 0) is 6.54 Å². The van der Waals surface area contributed by atoms with Crippen molar-refractivity contribution in [3.8, 4) is 0 Å². The molecule has 1 saturated heterocycles. The van der Waals surface area contributed by atoms with Crippen molar-refractivity contribution in [2.24, 2.45) is 5.92 Å². The molecule has 3 heterocycles. The Bertz CT molecular complexity index is 999. The van der Waals surface area contributed by atoms with E-state index in [0.29, 0.717) is 21.3 Å². The molecule has 6 nitrogen and oxygen atoms in total. The molecule has 8 heteroatoms. The summed E-state index contributed by atoms with van der Waals surface area (Å²) in [5.74, 6) is 0.369. The fraction of sp³-hybridized carbons (Fsp3) is 0.318. The van der Waals surface area contributed by atoms with Gasteiger partial charge in [0.15, 0.2) is 5.13 Å². The molecule has 0 aliphatic carbocycles. The van der Waals surface area contributed by atoms with Crippen molar-refractivity contribution in [3.05, 3.63) is 63.3 Å². The highest BCUT2D eigenvalue weighted by atomic mass is 32.1. The summed E-state index contributed by atoms with van der Waals surface area (Å²) in [5, 5.41) is 10.2. The zero-order chi connectivity index (χ0) is 20.9. The van der Waals surface area contributed by atoms with Gasteiger partial charge in [0, 0.05) is 29.7 Å². The van der Waals surface area contributed by atoms with Crippen LogP contribution in [0.5, 0.6) is 0 Å². The van der Waals surface area contributed by atoms with Gasteiger partial charge in [0.05, 0.1) is 10.6 Å². The van der Waals surface area contributed by atoms with Crippen LogP contribution in [0.4, 0.5) is 10.8 Å². The standard InChI is InChI=1S/C22H24N4O2S2/c1-15-4-2-10-26(12-15)13-18-14-30-22(24-18)25-20(27)16-6-8-17(9-7-16)23-21(28)19-5-3-11-29-19/h3,5-9,11,14-15H,2,4,10,12-13H2,1H3,(H,23,28)(H,24,25,27). The summed E-state index contributed by atoms with van der Waals surface area (Å²) in [6, 6.07) is 10.5. The molecule has 4 rings (SSSR count). The molecule has 2 N–H and O–H groups in total. The Morgan fingerprint density at radius 1 is 1.13 bits per heavy atom. The number of anilines is 2. The number of hydrogen-bond acceptors (Lipinski definition) is 6. The summed E-state index contributed by atoms with van der Waals surface area (Å²) in [4.78, 5) is 32.3. The van der Waals surface area contributed by atoms with E-state index >= 15 is 0 Å². The number of nitrogens with zero attached hydrogens (tertiary/aromatic N) is 2. The lowest BCUT2D eigenvalue weighted by molar-refractivity contribution is 0.102. The zero-order valence-electron chi connectivity index (χ0n) is 16.8. The second kappa shape index (κ2) is 9.51. The first kappa shape index (κ1) is 20.7. The Kier molecular flexibility index (Phi) is 6.56. The molecule has 1 aliphatic heterocycles. The van der Waals surface area contributed by atoms with Gasteiger partial charge in [0.2, 0.25) is 0 Å². The summed E-state index contributed by atoms with van der Waals surface area (Å²) in [7, 11) is 0. The molecule has 1 aromatic carbocycles. The molecule has 1 fully saturated rings. The molecule has 0 spiro atoms. The second-order valence-electron chi connectivity index (χ2n) is 7.59. The molecule has 3 aromatic rings. The highest BCUT2D eigenvalue weighted by Gasteiger charge is 2.18. The predicted octanol–water partition coefficient (Wildman–Crippen LogP) is 4.94. The van der Waals surface area contributed by atoms with Crippen molar-refractivity contribution in [2.75, 3.05) is 23.7 Å². The predicted molar refractivity (Wildman–Crippen MR) is 122 cm³/mol. The van der Waals surface area contributed by atoms with Crippen LogP contribution in [-0.4, -0.2) is 34.8 Å². The van der Waals surface area contributed by atoms with Crippen molar-refractivity contribution >= 4 is 45.3 Å². The Hall–Kier alpha value is -2.55. The van der Waals surface area contributed by atoms with E-state index in [1.165, 1.54) is 35.5 Å². The maximum atomic E-state index is 12.5. The number of benzene rings is 1. The first-order chi connectivity index (χ1) is 14.6. The summed E-state index contributed by atoms with van der Waals surface area (Å²) in [5.41, 5.74) is 2.17. The molecule has 1 atom stereocenters. The van der Waals surface area contributed by atoms with Crippen molar-refractivity contribution in [1.82, 2.24) is 9.88 Å². The quantitative estimate of drug-likeness (QED) is 0.569. The number of nitrogens with one attached hydrogen (secondary N) is 2. The van der Waals surface area contributed by atoms with Gasteiger partial charge < -0.3 is 5.32 Å².